The summed E-state index contributed by atoms with van der Waals surface area (Å²) in [6, 6.07) is 11.6. The quantitative estimate of drug-likeness (QED) is 0.250. The van der Waals surface area contributed by atoms with E-state index in [-0.39, 0.29) is 17.5 Å². The fourth-order valence-corrected chi connectivity index (χ4v) is 3.48. The van der Waals surface area contributed by atoms with Gasteiger partial charge in [-0.25, -0.2) is 4.98 Å². The first-order valence-electron chi connectivity index (χ1n) is 11.0. The summed E-state index contributed by atoms with van der Waals surface area (Å²) in [4.78, 5) is 28.4. The minimum Gasteiger partial charge on any atom is -0.337 e. The number of hydrogen-bond donors (Lipinski definition) is 3. The van der Waals surface area contributed by atoms with Crippen molar-refractivity contribution in [1.29, 1.82) is 5.41 Å². The zero-order chi connectivity index (χ0) is 24.2. The van der Waals surface area contributed by atoms with Gasteiger partial charge < -0.3 is 10.3 Å². The molecule has 4 aromatic rings. The third kappa shape index (κ3) is 4.83. The van der Waals surface area contributed by atoms with E-state index in [0.717, 1.165) is 27.7 Å². The van der Waals surface area contributed by atoms with Crippen molar-refractivity contribution >= 4 is 33.9 Å². The lowest BCUT2D eigenvalue weighted by molar-refractivity contribution is -0.118. The first-order chi connectivity index (χ1) is 16.3. The van der Waals surface area contributed by atoms with E-state index in [0.29, 0.717) is 22.7 Å². The van der Waals surface area contributed by atoms with Gasteiger partial charge in [-0.1, -0.05) is 38.6 Å². The number of para-hydroxylation sites is 1. The number of imidazole rings is 1. The number of aromatic nitrogens is 4. The lowest BCUT2D eigenvalue weighted by Gasteiger charge is -2.09. The number of carbonyl (C=O) groups excluding carboxylic acids is 1. The van der Waals surface area contributed by atoms with E-state index >= 15 is 0 Å². The number of hydrogen-bond acceptors (Lipinski definition) is 5. The molecular weight excluding hydrogens is 424 g/mol. The molecule has 3 aromatic heterocycles. The second-order valence-electron chi connectivity index (χ2n) is 8.36. The van der Waals surface area contributed by atoms with Crippen LogP contribution < -0.4 is 5.32 Å². The number of aromatic amines is 1. The van der Waals surface area contributed by atoms with Gasteiger partial charge in [0.05, 0.1) is 28.6 Å². The Morgan fingerprint density at radius 1 is 1.15 bits per heavy atom. The molecule has 0 atom stereocenters. The van der Waals surface area contributed by atoms with Crippen molar-refractivity contribution in [2.75, 3.05) is 5.32 Å². The summed E-state index contributed by atoms with van der Waals surface area (Å²) < 4.78 is 0. The molecule has 0 saturated heterocycles. The van der Waals surface area contributed by atoms with E-state index in [2.05, 4.69) is 26.8 Å². The fourth-order valence-electron chi connectivity index (χ4n) is 3.48. The van der Waals surface area contributed by atoms with E-state index in [1.165, 1.54) is 0 Å². The van der Waals surface area contributed by atoms with Crippen LogP contribution in [0.3, 0.4) is 0 Å². The molecule has 0 aliphatic rings. The highest BCUT2D eigenvalue weighted by atomic mass is 16.1. The van der Waals surface area contributed by atoms with Gasteiger partial charge in [0, 0.05) is 41.2 Å². The molecule has 7 nitrogen and oxygen atoms in total. The molecule has 4 rings (SSSR count). The third-order valence-corrected chi connectivity index (χ3v) is 5.41. The Morgan fingerprint density at radius 3 is 2.71 bits per heavy atom. The predicted molar refractivity (Wildman–Crippen MR) is 137 cm³/mol. The summed E-state index contributed by atoms with van der Waals surface area (Å²) in [6.07, 6.45) is 8.64. The van der Waals surface area contributed by atoms with Crippen LogP contribution in [0.25, 0.3) is 27.7 Å². The molecule has 3 heterocycles. The van der Waals surface area contributed by atoms with Gasteiger partial charge in [0.15, 0.2) is 5.82 Å². The zero-order valence-electron chi connectivity index (χ0n) is 19.4. The van der Waals surface area contributed by atoms with Crippen molar-refractivity contribution in [1.82, 2.24) is 19.9 Å². The van der Waals surface area contributed by atoms with Crippen LogP contribution in [0.4, 0.5) is 5.69 Å². The second-order valence-corrected chi connectivity index (χ2v) is 8.36. The minimum absolute atomic E-state index is 0.0754. The molecule has 0 aliphatic carbocycles. The molecule has 0 spiro atoms. The highest BCUT2D eigenvalue weighted by Gasteiger charge is 2.14. The average Bonchev–Trinajstić information content (AvgIpc) is 3.28. The molecule has 0 radical (unpaired) electrons. The van der Waals surface area contributed by atoms with E-state index in [9.17, 15) is 4.79 Å². The summed E-state index contributed by atoms with van der Waals surface area (Å²) in [7, 11) is 0. The van der Waals surface area contributed by atoms with Crippen LogP contribution in [-0.4, -0.2) is 31.6 Å². The van der Waals surface area contributed by atoms with Crippen LogP contribution in [0, 0.1) is 11.3 Å². The number of fused-ring (bicyclic) bond motifs is 1. The lowest BCUT2D eigenvalue weighted by Crippen LogP contribution is -2.17. The summed E-state index contributed by atoms with van der Waals surface area (Å²) >= 11 is 0. The number of anilines is 1. The summed E-state index contributed by atoms with van der Waals surface area (Å²) in [5.41, 5.74) is 6.59. The molecule has 1 amide bonds. The minimum atomic E-state index is -0.128. The van der Waals surface area contributed by atoms with Crippen molar-refractivity contribution < 1.29 is 4.79 Å². The maximum Gasteiger partial charge on any atom is 0.226 e. The van der Waals surface area contributed by atoms with Crippen LogP contribution in [0.2, 0.25) is 0 Å². The van der Waals surface area contributed by atoms with Crippen LogP contribution >= 0.6 is 0 Å². The summed E-state index contributed by atoms with van der Waals surface area (Å²) in [5.74, 6) is 0.273. The predicted octanol–water partition coefficient (Wildman–Crippen LogP) is 5.64. The number of pyridine rings is 2. The number of benzene rings is 1. The van der Waals surface area contributed by atoms with E-state index in [1.54, 1.807) is 24.8 Å². The molecule has 3 N–H and O–H groups in total. The number of H-pyrrole nitrogens is 1. The van der Waals surface area contributed by atoms with Crippen LogP contribution in [0.5, 0.6) is 0 Å². The second kappa shape index (κ2) is 9.62. The number of amides is 1. The molecule has 1 aromatic carbocycles. The summed E-state index contributed by atoms with van der Waals surface area (Å²) in [5, 5.41) is 11.5. The Hall–Kier alpha value is -4.39. The van der Waals surface area contributed by atoms with Crippen LogP contribution in [0.15, 0.2) is 79.4 Å². The summed E-state index contributed by atoms with van der Waals surface area (Å²) in [6.45, 7) is 9.65. The molecule has 0 saturated carbocycles. The molecule has 34 heavy (non-hydrogen) atoms. The first kappa shape index (κ1) is 22.8. The monoisotopic (exact) mass is 450 g/mol. The Morgan fingerprint density at radius 2 is 1.97 bits per heavy atom. The van der Waals surface area contributed by atoms with Crippen molar-refractivity contribution in [3.05, 3.63) is 90.8 Å². The Kier molecular flexibility index (Phi) is 6.45. The van der Waals surface area contributed by atoms with E-state index < -0.39 is 0 Å². The lowest BCUT2D eigenvalue weighted by atomic mass is 10.0. The van der Waals surface area contributed by atoms with Gasteiger partial charge in [-0.2, -0.15) is 0 Å². The molecule has 170 valence electrons. The highest BCUT2D eigenvalue weighted by Crippen LogP contribution is 2.27. The largest absolute Gasteiger partial charge is 0.337 e. The molecule has 0 fully saturated rings. The number of allylic oxidation sites excluding steroid dienone is 3. The maximum absolute atomic E-state index is 12.0. The smallest absolute Gasteiger partial charge is 0.226 e. The molecule has 0 bridgehead atoms. The van der Waals surface area contributed by atoms with Crippen molar-refractivity contribution in [3.63, 3.8) is 0 Å². The van der Waals surface area contributed by atoms with Gasteiger partial charge in [-0.05, 0) is 42.3 Å². The van der Waals surface area contributed by atoms with Crippen LogP contribution in [-0.2, 0) is 4.79 Å². The highest BCUT2D eigenvalue weighted by molar-refractivity contribution is 6.11. The molecular formula is C27H26N6O. The standard InChI is InChI=1S/C27H26N6O/c1-16(2)27(34)31-21-12-20(14-30-15-21)17(3)11-18(4)24(28)26-32-23-9-5-8-22(25(23)33-26)19-7-6-10-29-13-19/h5-16,28H,3H2,1-2,4H3,(H,31,34)(H,32,33)/b18-11+,28-24?. The van der Waals surface area contributed by atoms with Gasteiger partial charge in [0.1, 0.15) is 0 Å². The van der Waals surface area contributed by atoms with Gasteiger partial charge in [0.2, 0.25) is 5.91 Å². The zero-order valence-corrected chi connectivity index (χ0v) is 19.4. The van der Waals surface area contributed by atoms with Gasteiger partial charge in [-0.15, -0.1) is 0 Å². The Labute approximate surface area is 198 Å². The number of nitrogens with zero attached hydrogens (tertiary/aromatic N) is 3. The van der Waals surface area contributed by atoms with Gasteiger partial charge >= 0.3 is 0 Å². The van der Waals surface area contributed by atoms with Gasteiger partial charge in [0.25, 0.3) is 0 Å². The molecule has 0 aliphatic heterocycles. The number of rotatable bonds is 7. The third-order valence-electron chi connectivity index (χ3n) is 5.41. The topological polar surface area (TPSA) is 107 Å². The Balaban J connectivity index is 1.58. The average molecular weight is 451 g/mol. The maximum atomic E-state index is 12.0. The van der Waals surface area contributed by atoms with Crippen molar-refractivity contribution in [3.8, 4) is 11.1 Å². The molecule has 7 heteroatoms. The number of carbonyl (C=O) groups is 1. The van der Waals surface area contributed by atoms with E-state index in [1.807, 2.05) is 63.2 Å². The van der Waals surface area contributed by atoms with E-state index in [4.69, 9.17) is 10.4 Å². The normalized spacial score (nSPS) is 11.6. The SMILES string of the molecule is C=C(/C=C(\C)C(=N)c1nc2c(-c3cccnc3)cccc2[nH]1)c1cncc(NC(=O)C(C)C)c1. The Bertz CT molecular complexity index is 1420. The number of nitrogens with one attached hydrogen (secondary N) is 3. The van der Waals surface area contributed by atoms with Crippen LogP contribution in [0.1, 0.15) is 32.2 Å². The van der Waals surface area contributed by atoms with Crippen molar-refractivity contribution in [2.24, 2.45) is 5.92 Å². The van der Waals surface area contributed by atoms with Crippen molar-refractivity contribution in [2.45, 2.75) is 20.8 Å². The fraction of sp³-hybridized carbons (Fsp3) is 0.148. The van der Waals surface area contributed by atoms with Gasteiger partial charge in [-0.3, -0.25) is 20.2 Å². The molecule has 0 unspecified atom stereocenters. The first-order valence-corrected chi connectivity index (χ1v) is 11.0.